The molecular formula is C15H21N3O3. The molecule has 1 aliphatic rings. The Labute approximate surface area is 123 Å². The monoisotopic (exact) mass is 291 g/mol. The summed E-state index contributed by atoms with van der Waals surface area (Å²) in [4.78, 5) is 12.0. The van der Waals surface area contributed by atoms with E-state index in [1.54, 1.807) is 24.3 Å². The second-order valence-electron chi connectivity index (χ2n) is 5.38. The van der Waals surface area contributed by atoms with Gasteiger partial charge in [0.25, 0.3) is 0 Å². The van der Waals surface area contributed by atoms with E-state index in [9.17, 15) is 9.90 Å². The highest BCUT2D eigenvalue weighted by atomic mass is 16.4. The van der Waals surface area contributed by atoms with E-state index in [2.05, 4.69) is 10.5 Å². The maximum atomic E-state index is 12.0. The number of hydrogen-bond acceptors (Lipinski definition) is 4. The van der Waals surface area contributed by atoms with Crippen LogP contribution in [-0.4, -0.2) is 34.2 Å². The van der Waals surface area contributed by atoms with Crippen molar-refractivity contribution in [1.29, 1.82) is 0 Å². The lowest BCUT2D eigenvalue weighted by Gasteiger charge is -2.28. The van der Waals surface area contributed by atoms with Gasteiger partial charge >= 0.3 is 0 Å². The van der Waals surface area contributed by atoms with E-state index in [0.29, 0.717) is 5.56 Å². The highest BCUT2D eigenvalue weighted by molar-refractivity contribution is 5.97. The fourth-order valence-corrected chi connectivity index (χ4v) is 2.57. The van der Waals surface area contributed by atoms with Crippen LogP contribution in [-0.2, 0) is 11.2 Å². The zero-order chi connectivity index (χ0) is 15.2. The molecule has 1 aliphatic carbocycles. The van der Waals surface area contributed by atoms with E-state index in [1.165, 1.54) is 0 Å². The van der Waals surface area contributed by atoms with Crippen molar-refractivity contribution in [2.24, 2.45) is 10.9 Å². The van der Waals surface area contributed by atoms with E-state index in [1.807, 2.05) is 0 Å². The van der Waals surface area contributed by atoms with Gasteiger partial charge in [-0.05, 0) is 18.4 Å². The van der Waals surface area contributed by atoms with Gasteiger partial charge in [0, 0.05) is 5.56 Å². The summed E-state index contributed by atoms with van der Waals surface area (Å²) in [7, 11) is 0. The van der Waals surface area contributed by atoms with Crippen LogP contribution in [0.25, 0.3) is 0 Å². The molecule has 21 heavy (non-hydrogen) atoms. The van der Waals surface area contributed by atoms with E-state index < -0.39 is 6.10 Å². The second kappa shape index (κ2) is 7.08. The van der Waals surface area contributed by atoms with E-state index >= 15 is 0 Å². The molecule has 5 N–H and O–H groups in total. The molecule has 0 aliphatic heterocycles. The predicted molar refractivity (Wildman–Crippen MR) is 79.1 cm³/mol. The number of carbonyl (C=O) groups is 1. The molecule has 1 aromatic rings. The topological polar surface area (TPSA) is 108 Å². The third kappa shape index (κ3) is 4.19. The van der Waals surface area contributed by atoms with Crippen molar-refractivity contribution >= 4 is 11.7 Å². The molecule has 1 aromatic carbocycles. The van der Waals surface area contributed by atoms with Crippen LogP contribution in [0.5, 0.6) is 0 Å². The van der Waals surface area contributed by atoms with Crippen molar-refractivity contribution in [1.82, 2.24) is 5.32 Å². The summed E-state index contributed by atoms with van der Waals surface area (Å²) in [5, 5.41) is 24.2. The first-order valence-electron chi connectivity index (χ1n) is 7.14. The molecule has 1 saturated carbocycles. The van der Waals surface area contributed by atoms with Gasteiger partial charge in [-0.2, -0.15) is 0 Å². The van der Waals surface area contributed by atoms with Crippen molar-refractivity contribution in [2.45, 2.75) is 44.2 Å². The van der Waals surface area contributed by atoms with Crippen LogP contribution in [0, 0.1) is 0 Å². The van der Waals surface area contributed by atoms with Crippen LogP contribution in [0.2, 0.25) is 0 Å². The summed E-state index contributed by atoms with van der Waals surface area (Å²) < 4.78 is 0. The highest BCUT2D eigenvalue weighted by Crippen LogP contribution is 2.18. The maximum absolute atomic E-state index is 12.0. The molecule has 0 spiro atoms. The Morgan fingerprint density at radius 2 is 1.95 bits per heavy atom. The van der Waals surface area contributed by atoms with E-state index in [0.717, 1.165) is 31.2 Å². The van der Waals surface area contributed by atoms with Gasteiger partial charge in [0.2, 0.25) is 5.91 Å². The van der Waals surface area contributed by atoms with Gasteiger partial charge in [0.15, 0.2) is 5.84 Å². The zero-order valence-electron chi connectivity index (χ0n) is 11.8. The number of nitrogens with one attached hydrogen (secondary N) is 1. The SMILES string of the molecule is NC(=NO)c1ccc(CC(=O)NC2CCCCC2O)cc1. The summed E-state index contributed by atoms with van der Waals surface area (Å²) in [5.74, 6) is -0.0613. The summed E-state index contributed by atoms with van der Waals surface area (Å²) in [6.45, 7) is 0. The molecule has 2 unspecified atom stereocenters. The number of aliphatic hydroxyl groups excluding tert-OH is 1. The first-order chi connectivity index (χ1) is 10.1. The van der Waals surface area contributed by atoms with Crippen LogP contribution < -0.4 is 11.1 Å². The quantitative estimate of drug-likeness (QED) is 0.284. The molecule has 1 amide bonds. The molecule has 2 atom stereocenters. The molecule has 6 heteroatoms. The van der Waals surface area contributed by atoms with E-state index in [4.69, 9.17) is 10.9 Å². The summed E-state index contributed by atoms with van der Waals surface area (Å²) in [6, 6.07) is 6.80. The van der Waals surface area contributed by atoms with Gasteiger partial charge < -0.3 is 21.4 Å². The van der Waals surface area contributed by atoms with Crippen molar-refractivity contribution in [3.05, 3.63) is 35.4 Å². The Morgan fingerprint density at radius 3 is 2.57 bits per heavy atom. The number of oxime groups is 1. The van der Waals surface area contributed by atoms with Crippen molar-refractivity contribution in [3.63, 3.8) is 0 Å². The molecule has 0 aromatic heterocycles. The largest absolute Gasteiger partial charge is 0.409 e. The highest BCUT2D eigenvalue weighted by Gasteiger charge is 2.24. The fraction of sp³-hybridized carbons (Fsp3) is 0.467. The minimum atomic E-state index is -0.439. The van der Waals surface area contributed by atoms with Crippen LogP contribution in [0.15, 0.2) is 29.4 Å². The van der Waals surface area contributed by atoms with Gasteiger partial charge in [0.1, 0.15) is 0 Å². The molecule has 6 nitrogen and oxygen atoms in total. The standard InChI is InChI=1S/C15H21N3O3/c16-15(18-21)11-7-5-10(6-8-11)9-14(20)17-12-3-1-2-4-13(12)19/h5-8,12-13,19,21H,1-4,9H2,(H2,16,18)(H,17,20). The second-order valence-corrected chi connectivity index (χ2v) is 5.38. The summed E-state index contributed by atoms with van der Waals surface area (Å²) >= 11 is 0. The lowest BCUT2D eigenvalue weighted by Crippen LogP contribution is -2.45. The van der Waals surface area contributed by atoms with Gasteiger partial charge in [-0.15, -0.1) is 0 Å². The lowest BCUT2D eigenvalue weighted by molar-refractivity contribution is -0.122. The molecule has 114 valence electrons. The number of aliphatic hydroxyl groups is 1. The van der Waals surface area contributed by atoms with Crippen LogP contribution >= 0.6 is 0 Å². The number of amides is 1. The predicted octanol–water partition coefficient (Wildman–Crippen LogP) is 0.743. The molecule has 0 saturated heterocycles. The normalized spacial score (nSPS) is 22.8. The third-order valence-corrected chi connectivity index (χ3v) is 3.80. The van der Waals surface area contributed by atoms with Gasteiger partial charge in [-0.1, -0.05) is 42.3 Å². The minimum Gasteiger partial charge on any atom is -0.409 e. The van der Waals surface area contributed by atoms with Crippen molar-refractivity contribution < 1.29 is 15.1 Å². The Bertz CT molecular complexity index is 513. The minimum absolute atomic E-state index is 0.0383. The first-order valence-corrected chi connectivity index (χ1v) is 7.14. The average Bonchev–Trinajstić information content (AvgIpc) is 2.49. The third-order valence-electron chi connectivity index (χ3n) is 3.80. The number of hydrogen-bond donors (Lipinski definition) is 4. The number of nitrogens with zero attached hydrogens (tertiary/aromatic N) is 1. The Hall–Kier alpha value is -2.08. The van der Waals surface area contributed by atoms with Gasteiger partial charge in [-0.25, -0.2) is 0 Å². The van der Waals surface area contributed by atoms with E-state index in [-0.39, 0.29) is 24.2 Å². The number of amidine groups is 1. The average molecular weight is 291 g/mol. The molecule has 0 bridgehead atoms. The van der Waals surface area contributed by atoms with Crippen LogP contribution in [0.1, 0.15) is 36.8 Å². The van der Waals surface area contributed by atoms with Gasteiger partial charge in [-0.3, -0.25) is 4.79 Å². The molecular weight excluding hydrogens is 270 g/mol. The summed E-state index contributed by atoms with van der Waals surface area (Å²) in [6.07, 6.45) is 3.44. The number of rotatable bonds is 4. The molecule has 1 fully saturated rings. The maximum Gasteiger partial charge on any atom is 0.224 e. The number of benzene rings is 1. The molecule has 0 heterocycles. The Kier molecular flexibility index (Phi) is 5.16. The molecule has 0 radical (unpaired) electrons. The van der Waals surface area contributed by atoms with Gasteiger partial charge in [0.05, 0.1) is 18.6 Å². The Balaban J connectivity index is 1.90. The smallest absolute Gasteiger partial charge is 0.224 e. The van der Waals surface area contributed by atoms with Crippen molar-refractivity contribution in [2.75, 3.05) is 0 Å². The van der Waals surface area contributed by atoms with Crippen LogP contribution in [0.3, 0.4) is 0 Å². The summed E-state index contributed by atoms with van der Waals surface area (Å²) in [5.41, 5.74) is 6.92. The van der Waals surface area contributed by atoms with Crippen LogP contribution in [0.4, 0.5) is 0 Å². The molecule has 2 rings (SSSR count). The lowest BCUT2D eigenvalue weighted by atomic mass is 9.92. The first kappa shape index (κ1) is 15.3. The Morgan fingerprint density at radius 1 is 1.29 bits per heavy atom. The fourth-order valence-electron chi connectivity index (χ4n) is 2.57. The van der Waals surface area contributed by atoms with Crippen molar-refractivity contribution in [3.8, 4) is 0 Å². The number of carbonyl (C=O) groups excluding carboxylic acids is 1. The zero-order valence-corrected chi connectivity index (χ0v) is 11.8. The number of nitrogens with two attached hydrogens (primary N) is 1.